The van der Waals surface area contributed by atoms with Crippen LogP contribution in [-0.2, 0) is 17.9 Å². The Kier molecular flexibility index (Phi) is 6.34. The highest BCUT2D eigenvalue weighted by Crippen LogP contribution is 2.27. The smallest absolute Gasteiger partial charge is 0.338 e. The Bertz CT molecular complexity index is 1210. The van der Waals surface area contributed by atoms with Crippen LogP contribution in [0.2, 0.25) is 0 Å². The lowest BCUT2D eigenvalue weighted by molar-refractivity contribution is 0.0526. The Morgan fingerprint density at radius 2 is 2.06 bits per heavy atom. The molecule has 31 heavy (non-hydrogen) atoms. The largest absolute Gasteiger partial charge is 0.462 e. The van der Waals surface area contributed by atoms with Crippen molar-refractivity contribution in [2.45, 2.75) is 20.1 Å². The first-order valence-electron chi connectivity index (χ1n) is 9.75. The van der Waals surface area contributed by atoms with E-state index in [1.165, 1.54) is 11.3 Å². The fourth-order valence-electron chi connectivity index (χ4n) is 2.92. The second-order valence-electron chi connectivity index (χ2n) is 6.63. The molecule has 1 aromatic carbocycles. The number of hydrogen-bond acceptors (Lipinski definition) is 9. The van der Waals surface area contributed by atoms with Gasteiger partial charge >= 0.3 is 5.97 Å². The molecule has 0 radical (unpaired) electrons. The van der Waals surface area contributed by atoms with Gasteiger partial charge < -0.3 is 20.5 Å². The van der Waals surface area contributed by atoms with E-state index in [1.807, 2.05) is 24.3 Å². The van der Waals surface area contributed by atoms with Crippen molar-refractivity contribution in [2.75, 3.05) is 17.2 Å². The Morgan fingerprint density at radius 1 is 1.16 bits per heavy atom. The molecule has 0 amide bonds. The quantitative estimate of drug-likeness (QED) is 0.355. The number of nitrogens with zero attached hydrogens (tertiary/aromatic N) is 3. The number of ether oxygens (including phenoxy) is 1. The number of fused-ring (bicyclic) bond motifs is 1. The lowest BCUT2D eigenvalue weighted by Crippen LogP contribution is -2.06. The predicted octanol–water partition coefficient (Wildman–Crippen LogP) is 4.11. The van der Waals surface area contributed by atoms with Crippen molar-refractivity contribution in [2.24, 2.45) is 0 Å². The van der Waals surface area contributed by atoms with Gasteiger partial charge in [0.15, 0.2) is 5.13 Å². The number of pyridine rings is 2. The normalized spacial score (nSPS) is 10.8. The van der Waals surface area contributed by atoms with Crippen LogP contribution in [0.25, 0.3) is 10.3 Å². The molecule has 3 heterocycles. The third kappa shape index (κ3) is 5.14. The molecular weight excluding hydrogens is 414 g/mol. The van der Waals surface area contributed by atoms with Crippen LogP contribution in [0.4, 0.5) is 16.6 Å². The highest BCUT2D eigenvalue weighted by atomic mass is 32.1. The van der Waals surface area contributed by atoms with Gasteiger partial charge in [-0.15, -0.1) is 0 Å². The molecule has 4 aromatic rings. The summed E-state index contributed by atoms with van der Waals surface area (Å²) in [7, 11) is 0. The van der Waals surface area contributed by atoms with Gasteiger partial charge in [0.05, 0.1) is 31.0 Å². The van der Waals surface area contributed by atoms with Gasteiger partial charge in [-0.1, -0.05) is 17.4 Å². The van der Waals surface area contributed by atoms with Crippen LogP contribution in [0, 0.1) is 0 Å². The van der Waals surface area contributed by atoms with E-state index < -0.39 is 0 Å². The van der Waals surface area contributed by atoms with Gasteiger partial charge in [0.1, 0.15) is 16.2 Å². The molecule has 9 heteroatoms. The second-order valence-corrected chi connectivity index (χ2v) is 7.61. The molecule has 0 spiro atoms. The van der Waals surface area contributed by atoms with Gasteiger partial charge in [-0.2, -0.15) is 0 Å². The lowest BCUT2D eigenvalue weighted by Gasteiger charge is -2.08. The van der Waals surface area contributed by atoms with E-state index in [2.05, 4.69) is 25.6 Å². The number of anilines is 3. The van der Waals surface area contributed by atoms with Crippen molar-refractivity contribution in [3.63, 3.8) is 0 Å². The number of benzene rings is 1. The van der Waals surface area contributed by atoms with Crippen molar-refractivity contribution in [1.82, 2.24) is 15.0 Å². The van der Waals surface area contributed by atoms with Crippen LogP contribution in [-0.4, -0.2) is 32.6 Å². The van der Waals surface area contributed by atoms with E-state index in [4.69, 9.17) is 4.74 Å². The molecule has 0 aliphatic carbocycles. The molecule has 8 nitrogen and oxygen atoms in total. The maximum absolute atomic E-state index is 11.9. The number of aliphatic hydroxyl groups is 1. The number of esters is 1. The molecule has 0 aliphatic rings. The molecule has 0 saturated heterocycles. The Labute approximate surface area is 183 Å². The van der Waals surface area contributed by atoms with Gasteiger partial charge in [0, 0.05) is 11.9 Å². The third-order valence-corrected chi connectivity index (χ3v) is 5.28. The minimum absolute atomic E-state index is 0.0440. The summed E-state index contributed by atoms with van der Waals surface area (Å²) in [6.07, 6.45) is 1.64. The van der Waals surface area contributed by atoms with Gasteiger partial charge in [-0.3, -0.25) is 0 Å². The summed E-state index contributed by atoms with van der Waals surface area (Å²) in [4.78, 5) is 26.2. The minimum Gasteiger partial charge on any atom is -0.462 e. The summed E-state index contributed by atoms with van der Waals surface area (Å²) in [6.45, 7) is 2.58. The van der Waals surface area contributed by atoms with Gasteiger partial charge in [0.25, 0.3) is 0 Å². The zero-order valence-corrected chi connectivity index (χ0v) is 17.6. The summed E-state index contributed by atoms with van der Waals surface area (Å²) in [6, 6.07) is 14.6. The van der Waals surface area contributed by atoms with Crippen LogP contribution in [0.5, 0.6) is 0 Å². The number of carbonyl (C=O) groups excluding carboxylic acids is 1. The molecule has 0 unspecified atom stereocenters. The maximum Gasteiger partial charge on any atom is 0.338 e. The van der Waals surface area contributed by atoms with Crippen molar-refractivity contribution in [3.05, 3.63) is 71.5 Å². The van der Waals surface area contributed by atoms with Crippen molar-refractivity contribution in [1.29, 1.82) is 0 Å². The molecule has 0 atom stereocenters. The fourth-order valence-corrected chi connectivity index (χ4v) is 3.78. The van der Waals surface area contributed by atoms with Gasteiger partial charge in [0.2, 0.25) is 0 Å². The standard InChI is InChI=1S/C22H21N5O3S/c1-2-30-21(29)15-4-3-5-16(11-15)24-12-17-6-7-18-20(25-17)31-22(26-18)27-19-10-14(13-28)8-9-23-19/h3-11,24,28H,2,12-13H2,1H3,(H,23,26,27). The summed E-state index contributed by atoms with van der Waals surface area (Å²) >= 11 is 1.43. The summed E-state index contributed by atoms with van der Waals surface area (Å²) in [5.74, 6) is 0.281. The van der Waals surface area contributed by atoms with Crippen LogP contribution in [0.1, 0.15) is 28.5 Å². The van der Waals surface area contributed by atoms with Crippen LogP contribution in [0.15, 0.2) is 54.7 Å². The van der Waals surface area contributed by atoms with E-state index >= 15 is 0 Å². The predicted molar refractivity (Wildman–Crippen MR) is 121 cm³/mol. The van der Waals surface area contributed by atoms with E-state index in [-0.39, 0.29) is 12.6 Å². The zero-order chi connectivity index (χ0) is 21.6. The van der Waals surface area contributed by atoms with E-state index in [0.29, 0.717) is 29.7 Å². The molecule has 3 aromatic heterocycles. The maximum atomic E-state index is 11.9. The SMILES string of the molecule is CCOC(=O)c1cccc(NCc2ccc3nc(Nc4cc(CO)ccn4)sc3n2)c1. The molecule has 0 aliphatic heterocycles. The first-order valence-corrected chi connectivity index (χ1v) is 10.6. The molecule has 158 valence electrons. The number of thiazole rings is 1. The lowest BCUT2D eigenvalue weighted by atomic mass is 10.2. The zero-order valence-electron chi connectivity index (χ0n) is 16.8. The molecule has 0 saturated carbocycles. The average Bonchev–Trinajstić information content (AvgIpc) is 3.19. The van der Waals surface area contributed by atoms with Crippen molar-refractivity contribution >= 4 is 44.3 Å². The number of nitrogens with one attached hydrogen (secondary N) is 2. The Balaban J connectivity index is 1.45. The number of aromatic nitrogens is 3. The Morgan fingerprint density at radius 3 is 2.90 bits per heavy atom. The summed E-state index contributed by atoms with van der Waals surface area (Å²) < 4.78 is 5.04. The van der Waals surface area contributed by atoms with Crippen LogP contribution >= 0.6 is 11.3 Å². The molecule has 0 bridgehead atoms. The minimum atomic E-state index is -0.339. The van der Waals surface area contributed by atoms with Crippen LogP contribution in [0.3, 0.4) is 0 Å². The van der Waals surface area contributed by atoms with Crippen molar-refractivity contribution < 1.29 is 14.6 Å². The number of hydrogen-bond donors (Lipinski definition) is 3. The monoisotopic (exact) mass is 435 g/mol. The fraction of sp³-hybridized carbons (Fsp3) is 0.182. The first kappa shape index (κ1) is 20.7. The summed E-state index contributed by atoms with van der Waals surface area (Å²) in [5, 5.41) is 16.4. The topological polar surface area (TPSA) is 109 Å². The highest BCUT2D eigenvalue weighted by molar-refractivity contribution is 7.21. The number of aliphatic hydroxyl groups excluding tert-OH is 1. The van der Waals surface area contributed by atoms with Crippen molar-refractivity contribution in [3.8, 4) is 0 Å². The molecule has 3 N–H and O–H groups in total. The second kappa shape index (κ2) is 9.50. The molecule has 4 rings (SSSR count). The third-order valence-electron chi connectivity index (χ3n) is 4.40. The van der Waals surface area contributed by atoms with E-state index in [0.717, 1.165) is 27.3 Å². The Hall–Kier alpha value is -3.56. The van der Waals surface area contributed by atoms with Gasteiger partial charge in [-0.25, -0.2) is 19.7 Å². The van der Waals surface area contributed by atoms with E-state index in [1.54, 1.807) is 37.4 Å². The first-order chi connectivity index (χ1) is 15.1. The molecular formula is C22H21N5O3S. The summed E-state index contributed by atoms with van der Waals surface area (Å²) in [5.41, 5.74) is 3.74. The van der Waals surface area contributed by atoms with E-state index in [9.17, 15) is 9.90 Å². The average molecular weight is 436 g/mol. The number of rotatable bonds is 8. The number of carbonyl (C=O) groups is 1. The highest BCUT2D eigenvalue weighted by Gasteiger charge is 2.09. The van der Waals surface area contributed by atoms with Gasteiger partial charge in [-0.05, 0) is 55.0 Å². The van der Waals surface area contributed by atoms with Crippen LogP contribution < -0.4 is 10.6 Å². The molecule has 0 fully saturated rings.